The van der Waals surface area contributed by atoms with Gasteiger partial charge in [0, 0.05) is 30.6 Å². The number of nitrogens with zero attached hydrogens (tertiary/aromatic N) is 3. The van der Waals surface area contributed by atoms with E-state index in [-0.39, 0.29) is 18.4 Å². The predicted molar refractivity (Wildman–Crippen MR) is 130 cm³/mol. The summed E-state index contributed by atoms with van der Waals surface area (Å²) in [6.07, 6.45) is 4.31. The van der Waals surface area contributed by atoms with Gasteiger partial charge in [0.05, 0.1) is 24.2 Å². The van der Waals surface area contributed by atoms with Crippen molar-refractivity contribution in [3.05, 3.63) is 57.8 Å². The van der Waals surface area contributed by atoms with E-state index >= 15 is 0 Å². The molecule has 1 aromatic carbocycles. The lowest BCUT2D eigenvalue weighted by Gasteiger charge is -2.15. The number of carboxylic acids is 1. The molecule has 0 amide bonds. The molecule has 0 spiro atoms. The predicted octanol–water partition coefficient (Wildman–Crippen LogP) is 5.82. The first kappa shape index (κ1) is 25.6. The molecule has 0 fully saturated rings. The quantitative estimate of drug-likeness (QED) is 0.308. The van der Waals surface area contributed by atoms with Crippen LogP contribution in [0.1, 0.15) is 38.3 Å². The fraction of sp³-hybridized carbons (Fsp3) is 0.375. The van der Waals surface area contributed by atoms with E-state index in [2.05, 4.69) is 10.1 Å². The standard InChI is InChI=1S/C24H27Cl2N3O5/c1-4-29-14-17(10-22(30)31)23(28-29)32-9-5-6-16-7-8-19(33-15(2)3)12-21(16)34-24-20(26)11-18(25)13-27-24/h7-8,11-15H,4-6,9-10H2,1-3H3,(H,30,31). The molecular formula is C24H27Cl2N3O5. The number of aliphatic carboxylic acids is 1. The van der Waals surface area contributed by atoms with Crippen LogP contribution in [0.2, 0.25) is 10.0 Å². The third-order valence-electron chi connectivity index (χ3n) is 4.68. The number of rotatable bonds is 12. The summed E-state index contributed by atoms with van der Waals surface area (Å²) in [7, 11) is 0. The van der Waals surface area contributed by atoms with Gasteiger partial charge in [-0.05, 0) is 51.3 Å². The van der Waals surface area contributed by atoms with E-state index in [1.807, 2.05) is 32.9 Å². The van der Waals surface area contributed by atoms with Gasteiger partial charge in [-0.2, -0.15) is 0 Å². The third-order valence-corrected chi connectivity index (χ3v) is 5.16. The van der Waals surface area contributed by atoms with Crippen molar-refractivity contribution in [3.63, 3.8) is 0 Å². The molecule has 0 atom stereocenters. The summed E-state index contributed by atoms with van der Waals surface area (Å²) < 4.78 is 19.3. The lowest BCUT2D eigenvalue weighted by atomic mass is 10.1. The molecule has 0 bridgehead atoms. The molecule has 10 heteroatoms. The van der Waals surface area contributed by atoms with Crippen molar-refractivity contribution in [1.82, 2.24) is 14.8 Å². The van der Waals surface area contributed by atoms with Crippen molar-refractivity contribution in [2.75, 3.05) is 6.61 Å². The molecule has 2 heterocycles. The maximum atomic E-state index is 11.1. The average molecular weight is 508 g/mol. The molecule has 0 unspecified atom stereocenters. The maximum Gasteiger partial charge on any atom is 0.308 e. The van der Waals surface area contributed by atoms with Gasteiger partial charge in [0.2, 0.25) is 11.8 Å². The van der Waals surface area contributed by atoms with Crippen molar-refractivity contribution >= 4 is 29.2 Å². The van der Waals surface area contributed by atoms with Crippen LogP contribution in [-0.2, 0) is 24.2 Å². The van der Waals surface area contributed by atoms with Gasteiger partial charge in [-0.1, -0.05) is 29.3 Å². The normalized spacial score (nSPS) is 11.0. The van der Waals surface area contributed by atoms with Crippen LogP contribution in [0.15, 0.2) is 36.7 Å². The Bertz CT molecular complexity index is 1130. The number of pyridine rings is 1. The lowest BCUT2D eigenvalue weighted by Crippen LogP contribution is -2.07. The fourth-order valence-corrected chi connectivity index (χ4v) is 3.63. The number of aryl methyl sites for hydroxylation is 2. The number of benzene rings is 1. The Morgan fingerprint density at radius 2 is 1.97 bits per heavy atom. The number of aromatic nitrogens is 3. The molecule has 1 N–H and O–H groups in total. The Hall–Kier alpha value is -2.97. The van der Waals surface area contributed by atoms with Crippen molar-refractivity contribution in [1.29, 1.82) is 0 Å². The molecule has 182 valence electrons. The Kier molecular flexibility index (Phi) is 9.01. The largest absolute Gasteiger partial charge is 0.491 e. The topological polar surface area (TPSA) is 95.7 Å². The second-order valence-electron chi connectivity index (χ2n) is 7.82. The third kappa shape index (κ3) is 7.27. The highest BCUT2D eigenvalue weighted by molar-refractivity contribution is 6.35. The van der Waals surface area contributed by atoms with Crippen molar-refractivity contribution in [2.24, 2.45) is 0 Å². The molecule has 0 aliphatic heterocycles. The highest BCUT2D eigenvalue weighted by atomic mass is 35.5. The number of hydrogen-bond donors (Lipinski definition) is 1. The average Bonchev–Trinajstić information content (AvgIpc) is 3.15. The van der Waals surface area contributed by atoms with E-state index in [1.165, 1.54) is 6.20 Å². The van der Waals surface area contributed by atoms with Crippen LogP contribution >= 0.6 is 23.2 Å². The highest BCUT2D eigenvalue weighted by Crippen LogP contribution is 2.34. The molecule has 0 radical (unpaired) electrons. The van der Waals surface area contributed by atoms with Gasteiger partial charge in [0.25, 0.3) is 0 Å². The van der Waals surface area contributed by atoms with Gasteiger partial charge >= 0.3 is 5.97 Å². The number of ether oxygens (including phenoxy) is 3. The number of halogens is 2. The minimum atomic E-state index is -0.930. The zero-order valence-electron chi connectivity index (χ0n) is 19.3. The zero-order chi connectivity index (χ0) is 24.7. The Labute approximate surface area is 208 Å². The van der Waals surface area contributed by atoms with E-state index in [9.17, 15) is 4.79 Å². The van der Waals surface area contributed by atoms with Crippen LogP contribution in [0.3, 0.4) is 0 Å². The first-order chi connectivity index (χ1) is 16.2. The van der Waals surface area contributed by atoms with E-state index in [0.717, 1.165) is 5.56 Å². The van der Waals surface area contributed by atoms with Crippen LogP contribution in [0.4, 0.5) is 0 Å². The Balaban J connectivity index is 1.71. The van der Waals surface area contributed by atoms with E-state index < -0.39 is 5.97 Å². The monoisotopic (exact) mass is 507 g/mol. The van der Waals surface area contributed by atoms with Gasteiger partial charge in [0.1, 0.15) is 16.5 Å². The second kappa shape index (κ2) is 11.9. The summed E-state index contributed by atoms with van der Waals surface area (Å²) >= 11 is 12.2. The van der Waals surface area contributed by atoms with Crippen molar-refractivity contribution in [3.8, 4) is 23.3 Å². The molecule has 0 aliphatic carbocycles. The fourth-order valence-electron chi connectivity index (χ4n) is 3.21. The molecule has 2 aromatic heterocycles. The summed E-state index contributed by atoms with van der Waals surface area (Å²) in [5.41, 5.74) is 1.47. The summed E-state index contributed by atoms with van der Waals surface area (Å²) in [6.45, 7) is 6.81. The summed E-state index contributed by atoms with van der Waals surface area (Å²) in [5.74, 6) is 0.892. The molecule has 34 heavy (non-hydrogen) atoms. The number of carboxylic acid groups (broad SMARTS) is 1. The van der Waals surface area contributed by atoms with Crippen LogP contribution < -0.4 is 14.2 Å². The lowest BCUT2D eigenvalue weighted by molar-refractivity contribution is -0.136. The first-order valence-corrected chi connectivity index (χ1v) is 11.7. The van der Waals surface area contributed by atoms with Gasteiger partial charge in [-0.15, -0.1) is 5.10 Å². The van der Waals surface area contributed by atoms with Crippen molar-refractivity contribution < 1.29 is 24.1 Å². The summed E-state index contributed by atoms with van der Waals surface area (Å²) in [6, 6.07) is 7.18. The van der Waals surface area contributed by atoms with Gasteiger partial charge in [0.15, 0.2) is 0 Å². The van der Waals surface area contributed by atoms with Crippen LogP contribution in [0.25, 0.3) is 0 Å². The van der Waals surface area contributed by atoms with Crippen LogP contribution in [0.5, 0.6) is 23.3 Å². The van der Waals surface area contributed by atoms with Gasteiger partial charge in [-0.25, -0.2) is 4.98 Å². The first-order valence-electron chi connectivity index (χ1n) is 10.9. The number of carbonyl (C=O) groups is 1. The van der Waals surface area contributed by atoms with Crippen molar-refractivity contribution in [2.45, 2.75) is 52.7 Å². The summed E-state index contributed by atoms with van der Waals surface area (Å²) in [5, 5.41) is 14.1. The van der Waals surface area contributed by atoms with Gasteiger partial charge in [-0.3, -0.25) is 9.48 Å². The Morgan fingerprint density at radius 1 is 1.18 bits per heavy atom. The molecule has 8 nitrogen and oxygen atoms in total. The molecule has 0 aliphatic rings. The van der Waals surface area contributed by atoms with Gasteiger partial charge < -0.3 is 19.3 Å². The SMILES string of the molecule is CCn1cc(CC(=O)O)c(OCCCc2ccc(OC(C)C)cc2Oc2ncc(Cl)cc2Cl)n1. The maximum absolute atomic E-state index is 11.1. The second-order valence-corrected chi connectivity index (χ2v) is 8.66. The molecule has 3 aromatic rings. The smallest absolute Gasteiger partial charge is 0.308 e. The highest BCUT2D eigenvalue weighted by Gasteiger charge is 2.15. The van der Waals surface area contributed by atoms with E-state index in [4.69, 9.17) is 42.5 Å². The minimum Gasteiger partial charge on any atom is -0.491 e. The van der Waals surface area contributed by atoms with Crippen LogP contribution in [-0.4, -0.2) is 38.6 Å². The molecule has 3 rings (SSSR count). The van der Waals surface area contributed by atoms with E-state index in [0.29, 0.717) is 59.0 Å². The summed E-state index contributed by atoms with van der Waals surface area (Å²) in [4.78, 5) is 15.3. The number of hydrogen-bond acceptors (Lipinski definition) is 6. The van der Waals surface area contributed by atoms with E-state index in [1.54, 1.807) is 23.0 Å². The van der Waals surface area contributed by atoms with Crippen LogP contribution in [0, 0.1) is 0 Å². The molecule has 0 saturated carbocycles. The molecular weight excluding hydrogens is 481 g/mol. The molecule has 0 saturated heterocycles. The minimum absolute atomic E-state index is 0.00673. The zero-order valence-corrected chi connectivity index (χ0v) is 20.8. The Morgan fingerprint density at radius 3 is 2.65 bits per heavy atom.